The van der Waals surface area contributed by atoms with Crippen molar-refractivity contribution in [2.24, 2.45) is 0 Å². The van der Waals surface area contributed by atoms with Crippen LogP contribution in [0.5, 0.6) is 0 Å². The van der Waals surface area contributed by atoms with Gasteiger partial charge >= 0.3 is 0 Å². The van der Waals surface area contributed by atoms with Crippen molar-refractivity contribution < 1.29 is 5.11 Å². The Hall–Kier alpha value is 0.140. The van der Waals surface area contributed by atoms with Crippen LogP contribution in [0.3, 0.4) is 0 Å². The van der Waals surface area contributed by atoms with E-state index in [1.165, 1.54) is 15.8 Å². The third kappa shape index (κ3) is 1.15. The van der Waals surface area contributed by atoms with Gasteiger partial charge in [-0.15, -0.1) is 11.3 Å². The van der Waals surface area contributed by atoms with E-state index in [-0.39, 0.29) is 5.41 Å². The Morgan fingerprint density at radius 1 is 1.58 bits per heavy atom. The van der Waals surface area contributed by atoms with Crippen molar-refractivity contribution in [3.8, 4) is 0 Å². The van der Waals surface area contributed by atoms with Crippen LogP contribution in [0.25, 0.3) is 0 Å². The molecule has 1 N–H and O–H groups in total. The molecule has 0 aliphatic heterocycles. The molecule has 12 heavy (non-hydrogen) atoms. The molecule has 0 unspecified atom stereocenters. The Labute approximate surface area is 84.6 Å². The van der Waals surface area contributed by atoms with Gasteiger partial charge in [0, 0.05) is 14.8 Å². The first-order valence-corrected chi connectivity index (χ1v) is 5.80. The number of aliphatic hydroxyl groups excluding tert-OH is 1. The molecule has 1 fully saturated rings. The maximum Gasteiger partial charge on any atom is 0.0536 e. The molecule has 1 nitrogen and oxygen atoms in total. The van der Waals surface area contributed by atoms with Gasteiger partial charge in [-0.1, -0.05) is 6.42 Å². The Kier molecular flexibility index (Phi) is 2.27. The van der Waals surface area contributed by atoms with Crippen LogP contribution in [0.1, 0.15) is 24.1 Å². The highest BCUT2D eigenvalue weighted by Crippen LogP contribution is 2.48. The van der Waals surface area contributed by atoms with E-state index in [4.69, 9.17) is 0 Å². The minimum absolute atomic E-state index is 0.104. The first-order valence-electron chi connectivity index (χ1n) is 4.13. The Morgan fingerprint density at radius 2 is 2.33 bits per heavy atom. The molecule has 2 rings (SSSR count). The van der Waals surface area contributed by atoms with Gasteiger partial charge in [0.15, 0.2) is 0 Å². The number of hydrogen-bond donors (Lipinski definition) is 1. The van der Waals surface area contributed by atoms with Crippen molar-refractivity contribution in [2.45, 2.75) is 24.7 Å². The number of hydrogen-bond acceptors (Lipinski definition) is 2. The molecule has 0 spiro atoms. The molecule has 1 aliphatic rings. The lowest BCUT2D eigenvalue weighted by molar-refractivity contribution is 0.123. The second-order valence-electron chi connectivity index (χ2n) is 3.39. The Bertz CT molecular complexity index is 272. The van der Waals surface area contributed by atoms with Crippen molar-refractivity contribution in [2.75, 3.05) is 6.61 Å². The van der Waals surface area contributed by atoms with Gasteiger partial charge in [-0.2, -0.15) is 0 Å². The number of rotatable bonds is 2. The fourth-order valence-corrected chi connectivity index (χ4v) is 3.78. The molecule has 0 bridgehead atoms. The summed E-state index contributed by atoms with van der Waals surface area (Å²) < 4.78 is 1.17. The largest absolute Gasteiger partial charge is 0.395 e. The zero-order chi connectivity index (χ0) is 8.60. The van der Waals surface area contributed by atoms with Gasteiger partial charge < -0.3 is 5.11 Å². The summed E-state index contributed by atoms with van der Waals surface area (Å²) in [4.78, 5) is 1.33. The Morgan fingerprint density at radius 3 is 2.67 bits per heavy atom. The minimum atomic E-state index is 0.104. The summed E-state index contributed by atoms with van der Waals surface area (Å²) >= 11 is 5.27. The van der Waals surface area contributed by atoms with Crippen LogP contribution < -0.4 is 0 Å². The predicted molar refractivity (Wildman–Crippen MR) is 54.6 cm³/mol. The molecule has 0 atom stereocenters. The van der Waals surface area contributed by atoms with Crippen molar-refractivity contribution >= 4 is 27.3 Å². The summed E-state index contributed by atoms with van der Waals surface area (Å²) in [7, 11) is 0. The molecule has 1 aromatic rings. The molecule has 1 aliphatic carbocycles. The fourth-order valence-electron chi connectivity index (χ4n) is 1.73. The van der Waals surface area contributed by atoms with E-state index in [0.717, 1.165) is 12.8 Å². The lowest BCUT2D eigenvalue weighted by atomic mass is 9.68. The first-order chi connectivity index (χ1) is 5.78. The van der Waals surface area contributed by atoms with Crippen molar-refractivity contribution in [1.82, 2.24) is 0 Å². The predicted octanol–water partition coefficient (Wildman–Crippen LogP) is 2.92. The van der Waals surface area contributed by atoms with Gasteiger partial charge in [0.2, 0.25) is 0 Å². The molecular weight excluding hydrogens is 236 g/mol. The van der Waals surface area contributed by atoms with Gasteiger partial charge in [-0.05, 0) is 40.2 Å². The van der Waals surface area contributed by atoms with Gasteiger partial charge in [-0.3, -0.25) is 0 Å². The van der Waals surface area contributed by atoms with Crippen LogP contribution in [0.4, 0.5) is 0 Å². The van der Waals surface area contributed by atoms with E-state index in [1.54, 1.807) is 11.3 Å². The van der Waals surface area contributed by atoms with Gasteiger partial charge in [0.05, 0.1) is 6.61 Å². The Balaban J connectivity index is 2.33. The average Bonchev–Trinajstić information content (AvgIpc) is 2.36. The number of aliphatic hydroxyl groups is 1. The second-order valence-corrected chi connectivity index (χ2v) is 5.16. The van der Waals surface area contributed by atoms with Crippen molar-refractivity contribution in [3.63, 3.8) is 0 Å². The summed E-state index contributed by atoms with van der Waals surface area (Å²) in [5, 5.41) is 11.4. The van der Waals surface area contributed by atoms with E-state index in [2.05, 4.69) is 27.4 Å². The van der Waals surface area contributed by atoms with E-state index in [0.29, 0.717) is 6.61 Å². The SMILES string of the molecule is OCC1(c2sccc2Br)CCC1. The fraction of sp³-hybridized carbons (Fsp3) is 0.556. The zero-order valence-corrected chi connectivity index (χ0v) is 9.12. The normalized spacial score (nSPS) is 20.5. The summed E-state index contributed by atoms with van der Waals surface area (Å²) in [6, 6.07) is 2.07. The molecule has 0 amide bonds. The van der Waals surface area contributed by atoms with Crippen LogP contribution in [0, 0.1) is 0 Å². The van der Waals surface area contributed by atoms with Gasteiger partial charge in [0.25, 0.3) is 0 Å². The number of halogens is 1. The third-order valence-electron chi connectivity index (χ3n) is 2.71. The summed E-state index contributed by atoms with van der Waals surface area (Å²) in [5.41, 5.74) is 0.104. The average molecular weight is 247 g/mol. The molecular formula is C9H11BrOS. The number of thiophene rings is 1. The van der Waals surface area contributed by atoms with Gasteiger partial charge in [0.1, 0.15) is 0 Å². The maximum atomic E-state index is 9.32. The van der Waals surface area contributed by atoms with Crippen LogP contribution in [-0.4, -0.2) is 11.7 Å². The maximum absolute atomic E-state index is 9.32. The van der Waals surface area contributed by atoms with Crippen LogP contribution in [0.2, 0.25) is 0 Å². The topological polar surface area (TPSA) is 20.2 Å². The first kappa shape index (κ1) is 8.73. The standard InChI is InChI=1S/C9H11BrOS/c10-7-2-5-12-8(7)9(6-11)3-1-4-9/h2,5,11H,1,3-4,6H2. The summed E-state index contributed by atoms with van der Waals surface area (Å²) in [6.45, 7) is 0.298. The van der Waals surface area contributed by atoms with E-state index in [1.807, 2.05) is 0 Å². The molecule has 1 heterocycles. The van der Waals surface area contributed by atoms with Crippen molar-refractivity contribution in [1.29, 1.82) is 0 Å². The summed E-state index contributed by atoms with van der Waals surface area (Å²) in [5.74, 6) is 0. The molecule has 0 saturated heterocycles. The monoisotopic (exact) mass is 246 g/mol. The lowest BCUT2D eigenvalue weighted by Gasteiger charge is -2.39. The quantitative estimate of drug-likeness (QED) is 0.851. The molecule has 1 aromatic heterocycles. The lowest BCUT2D eigenvalue weighted by Crippen LogP contribution is -2.37. The highest BCUT2D eigenvalue weighted by Gasteiger charge is 2.40. The highest BCUT2D eigenvalue weighted by molar-refractivity contribution is 9.10. The van der Waals surface area contributed by atoms with Gasteiger partial charge in [-0.25, -0.2) is 0 Å². The highest BCUT2D eigenvalue weighted by atomic mass is 79.9. The van der Waals surface area contributed by atoms with E-state index in [9.17, 15) is 5.11 Å². The minimum Gasteiger partial charge on any atom is -0.395 e. The molecule has 1 saturated carbocycles. The third-order valence-corrected chi connectivity index (χ3v) is 4.80. The smallest absolute Gasteiger partial charge is 0.0536 e. The van der Waals surface area contributed by atoms with E-state index >= 15 is 0 Å². The van der Waals surface area contributed by atoms with Crippen LogP contribution in [-0.2, 0) is 5.41 Å². The van der Waals surface area contributed by atoms with Crippen LogP contribution >= 0.6 is 27.3 Å². The molecule has 0 radical (unpaired) electrons. The molecule has 0 aromatic carbocycles. The van der Waals surface area contributed by atoms with Crippen LogP contribution in [0.15, 0.2) is 15.9 Å². The summed E-state index contributed by atoms with van der Waals surface area (Å²) in [6.07, 6.45) is 3.54. The molecule has 66 valence electrons. The molecule has 3 heteroatoms. The van der Waals surface area contributed by atoms with Crippen molar-refractivity contribution in [3.05, 3.63) is 20.8 Å². The van der Waals surface area contributed by atoms with E-state index < -0.39 is 0 Å². The second kappa shape index (κ2) is 3.13. The zero-order valence-electron chi connectivity index (χ0n) is 6.72.